The molecule has 0 saturated heterocycles. The van der Waals surface area contributed by atoms with E-state index in [1.165, 1.54) is 7.11 Å². The van der Waals surface area contributed by atoms with Crippen LogP contribution in [0.25, 0.3) is 11.1 Å². The number of methoxy groups -OCH3 is 1. The number of sulfonamides is 1. The van der Waals surface area contributed by atoms with Crippen LogP contribution in [0.2, 0.25) is 0 Å². The van der Waals surface area contributed by atoms with Crippen molar-refractivity contribution in [3.8, 4) is 11.1 Å². The molecule has 150 valence electrons. The molecule has 1 saturated carbocycles. The van der Waals surface area contributed by atoms with Gasteiger partial charge in [-0.3, -0.25) is 4.79 Å². The first kappa shape index (κ1) is 20.4. The van der Waals surface area contributed by atoms with Crippen LogP contribution in [0.1, 0.15) is 25.7 Å². The van der Waals surface area contributed by atoms with Crippen molar-refractivity contribution >= 4 is 21.7 Å². The highest BCUT2D eigenvalue weighted by Crippen LogP contribution is 2.31. The molecular formula is C21H26N2O4S. The molecule has 1 aliphatic carbocycles. The van der Waals surface area contributed by atoms with Gasteiger partial charge in [0, 0.05) is 24.3 Å². The minimum Gasteiger partial charge on any atom is -0.469 e. The zero-order valence-electron chi connectivity index (χ0n) is 16.1. The molecule has 6 nitrogen and oxygen atoms in total. The summed E-state index contributed by atoms with van der Waals surface area (Å²) in [5.74, 6) is -0.344. The van der Waals surface area contributed by atoms with E-state index >= 15 is 0 Å². The Kier molecular flexibility index (Phi) is 6.36. The molecule has 0 bridgehead atoms. The second-order valence-corrected chi connectivity index (χ2v) is 8.73. The molecule has 0 aromatic heterocycles. The van der Waals surface area contributed by atoms with Gasteiger partial charge in [-0.15, -0.1) is 0 Å². The second-order valence-electron chi connectivity index (χ2n) is 7.02. The number of hydrogen-bond donors (Lipinski definition) is 2. The summed E-state index contributed by atoms with van der Waals surface area (Å²) in [5, 5.41) is 3.09. The average molecular weight is 403 g/mol. The third kappa shape index (κ3) is 4.54. The second kappa shape index (κ2) is 8.75. The summed E-state index contributed by atoms with van der Waals surface area (Å²) in [4.78, 5) is 11.9. The molecule has 3 rings (SSSR count). The van der Waals surface area contributed by atoms with Crippen LogP contribution in [0.5, 0.6) is 0 Å². The van der Waals surface area contributed by atoms with Crippen LogP contribution in [0.4, 0.5) is 5.69 Å². The van der Waals surface area contributed by atoms with Crippen molar-refractivity contribution in [3.63, 3.8) is 0 Å². The van der Waals surface area contributed by atoms with E-state index in [0.29, 0.717) is 25.7 Å². The zero-order valence-corrected chi connectivity index (χ0v) is 17.0. The largest absolute Gasteiger partial charge is 0.469 e. The molecule has 0 atom stereocenters. The highest BCUT2D eigenvalue weighted by molar-refractivity contribution is 7.89. The summed E-state index contributed by atoms with van der Waals surface area (Å²) in [6.45, 7) is 0. The van der Waals surface area contributed by atoms with Crippen molar-refractivity contribution in [1.82, 2.24) is 4.72 Å². The molecule has 2 N–H and O–H groups in total. The summed E-state index contributed by atoms with van der Waals surface area (Å²) in [5.41, 5.74) is 2.72. The van der Waals surface area contributed by atoms with Gasteiger partial charge < -0.3 is 10.1 Å². The van der Waals surface area contributed by atoms with Crippen LogP contribution in [0.15, 0.2) is 53.4 Å². The first-order valence-electron chi connectivity index (χ1n) is 9.42. The Morgan fingerprint density at radius 1 is 1.04 bits per heavy atom. The number of rotatable bonds is 6. The van der Waals surface area contributed by atoms with Crippen LogP contribution in [0, 0.1) is 5.92 Å². The zero-order chi connectivity index (χ0) is 20.1. The number of carbonyl (C=O) groups is 1. The highest BCUT2D eigenvalue weighted by Gasteiger charge is 2.29. The maximum absolute atomic E-state index is 12.9. The third-order valence-corrected chi connectivity index (χ3v) is 6.76. The Hall–Kier alpha value is -2.38. The van der Waals surface area contributed by atoms with E-state index in [1.807, 2.05) is 36.4 Å². The fourth-order valence-electron chi connectivity index (χ4n) is 3.67. The number of anilines is 1. The molecule has 28 heavy (non-hydrogen) atoms. The van der Waals surface area contributed by atoms with Crippen molar-refractivity contribution in [2.24, 2.45) is 5.92 Å². The summed E-state index contributed by atoms with van der Waals surface area (Å²) < 4.78 is 33.3. The van der Waals surface area contributed by atoms with Gasteiger partial charge in [0.25, 0.3) is 0 Å². The van der Waals surface area contributed by atoms with Crippen molar-refractivity contribution in [3.05, 3.63) is 48.5 Å². The summed E-state index contributed by atoms with van der Waals surface area (Å²) in [6.07, 6.45) is 2.52. The van der Waals surface area contributed by atoms with Gasteiger partial charge in [-0.2, -0.15) is 0 Å². The van der Waals surface area contributed by atoms with Crippen molar-refractivity contribution in [2.75, 3.05) is 19.5 Å². The van der Waals surface area contributed by atoms with E-state index < -0.39 is 10.0 Å². The van der Waals surface area contributed by atoms with Gasteiger partial charge in [0.1, 0.15) is 0 Å². The molecular weight excluding hydrogens is 376 g/mol. The van der Waals surface area contributed by atoms with Gasteiger partial charge in [-0.05, 0) is 43.4 Å². The number of ether oxygens (including phenoxy) is 1. The fraction of sp³-hybridized carbons (Fsp3) is 0.381. The number of esters is 1. The molecule has 0 heterocycles. The van der Waals surface area contributed by atoms with E-state index in [2.05, 4.69) is 10.0 Å². The normalized spacial score (nSPS) is 19.8. The average Bonchev–Trinajstić information content (AvgIpc) is 2.73. The lowest BCUT2D eigenvalue weighted by molar-refractivity contribution is -0.146. The first-order chi connectivity index (χ1) is 13.4. The number of nitrogens with one attached hydrogen (secondary N) is 2. The first-order valence-corrected chi connectivity index (χ1v) is 10.9. The maximum atomic E-state index is 12.9. The predicted molar refractivity (Wildman–Crippen MR) is 110 cm³/mol. The Morgan fingerprint density at radius 2 is 1.71 bits per heavy atom. The minimum atomic E-state index is -3.64. The number of hydrogen-bond acceptors (Lipinski definition) is 5. The standard InChI is InChI=1S/C21H26N2O4S/c1-22-20-14-18(12-13-19(20)15-6-4-3-5-7-15)28(25,26)23-17-10-8-16(9-11-17)21(24)27-2/h3-7,12-14,16-17,22-23H,8-11H2,1-2H3. The molecule has 2 aromatic rings. The SMILES string of the molecule is CNc1cc(S(=O)(=O)NC2CCC(C(=O)OC)CC2)ccc1-c1ccccc1. The van der Waals surface area contributed by atoms with Crippen LogP contribution < -0.4 is 10.0 Å². The molecule has 1 fully saturated rings. The summed E-state index contributed by atoms with van der Waals surface area (Å²) in [7, 11) is -0.479. The molecule has 0 spiro atoms. The van der Waals surface area contributed by atoms with Gasteiger partial charge >= 0.3 is 5.97 Å². The Balaban J connectivity index is 1.75. The smallest absolute Gasteiger partial charge is 0.308 e. The lowest BCUT2D eigenvalue weighted by Gasteiger charge is -2.27. The van der Waals surface area contributed by atoms with Gasteiger partial charge in [0.2, 0.25) is 10.0 Å². The van der Waals surface area contributed by atoms with Crippen molar-refractivity contribution < 1.29 is 17.9 Å². The van der Waals surface area contributed by atoms with E-state index in [-0.39, 0.29) is 22.8 Å². The molecule has 2 aromatic carbocycles. The van der Waals surface area contributed by atoms with Gasteiger partial charge in [-0.25, -0.2) is 13.1 Å². The topological polar surface area (TPSA) is 84.5 Å². The van der Waals surface area contributed by atoms with Crippen molar-refractivity contribution in [2.45, 2.75) is 36.6 Å². The van der Waals surface area contributed by atoms with E-state index in [9.17, 15) is 13.2 Å². The third-order valence-electron chi connectivity index (χ3n) is 5.24. The van der Waals surface area contributed by atoms with Crippen LogP contribution in [0.3, 0.4) is 0 Å². The number of benzene rings is 2. The molecule has 1 aliphatic rings. The van der Waals surface area contributed by atoms with E-state index in [0.717, 1.165) is 16.8 Å². The lowest BCUT2D eigenvalue weighted by Crippen LogP contribution is -2.38. The lowest BCUT2D eigenvalue weighted by atomic mass is 9.86. The van der Waals surface area contributed by atoms with Crippen molar-refractivity contribution in [1.29, 1.82) is 0 Å². The maximum Gasteiger partial charge on any atom is 0.308 e. The van der Waals surface area contributed by atoms with Crippen LogP contribution >= 0.6 is 0 Å². The highest BCUT2D eigenvalue weighted by atomic mass is 32.2. The quantitative estimate of drug-likeness (QED) is 0.724. The van der Waals surface area contributed by atoms with Gasteiger partial charge in [0.15, 0.2) is 0 Å². The molecule has 0 amide bonds. The summed E-state index contributed by atoms with van der Waals surface area (Å²) >= 11 is 0. The van der Waals surface area contributed by atoms with Gasteiger partial charge in [-0.1, -0.05) is 36.4 Å². The Labute approximate surface area is 166 Å². The minimum absolute atomic E-state index is 0.133. The molecule has 7 heteroatoms. The van der Waals surface area contributed by atoms with Crippen LogP contribution in [-0.4, -0.2) is 34.6 Å². The molecule has 0 unspecified atom stereocenters. The summed E-state index contributed by atoms with van der Waals surface area (Å²) in [6, 6.07) is 14.8. The Bertz CT molecular complexity index is 921. The Morgan fingerprint density at radius 3 is 2.32 bits per heavy atom. The number of carbonyl (C=O) groups excluding carboxylic acids is 1. The van der Waals surface area contributed by atoms with E-state index in [1.54, 1.807) is 19.2 Å². The molecule has 0 radical (unpaired) electrons. The van der Waals surface area contributed by atoms with Gasteiger partial charge in [0.05, 0.1) is 17.9 Å². The predicted octanol–water partition coefficient (Wildman–Crippen LogP) is 3.41. The molecule has 0 aliphatic heterocycles. The van der Waals surface area contributed by atoms with E-state index in [4.69, 9.17) is 4.74 Å². The monoisotopic (exact) mass is 402 g/mol. The van der Waals surface area contributed by atoms with Crippen LogP contribution in [-0.2, 0) is 19.6 Å². The fourth-order valence-corrected chi connectivity index (χ4v) is 5.00.